The second kappa shape index (κ2) is 9.99. The summed E-state index contributed by atoms with van der Waals surface area (Å²) in [6.45, 7) is 4.45. The Labute approximate surface area is 188 Å². The summed E-state index contributed by atoms with van der Waals surface area (Å²) in [6.07, 6.45) is 1.55. The highest BCUT2D eigenvalue weighted by atomic mass is 19.4. The molecule has 2 N–H and O–H groups in total. The van der Waals surface area contributed by atoms with Crippen LogP contribution in [-0.4, -0.2) is 63.5 Å². The lowest BCUT2D eigenvalue weighted by Crippen LogP contribution is -2.34. The number of aromatic nitrogens is 3. The van der Waals surface area contributed by atoms with E-state index in [1.807, 2.05) is 24.5 Å². The van der Waals surface area contributed by atoms with Crippen LogP contribution in [0, 0.1) is 11.3 Å². The van der Waals surface area contributed by atoms with Crippen molar-refractivity contribution in [3.63, 3.8) is 0 Å². The fourth-order valence-corrected chi connectivity index (χ4v) is 3.72. The summed E-state index contributed by atoms with van der Waals surface area (Å²) in [6, 6.07) is 7.70. The monoisotopic (exact) mass is 464 g/mol. The zero-order valence-corrected chi connectivity index (χ0v) is 17.8. The normalized spacial score (nSPS) is 21.9. The molecule has 2 fully saturated rings. The number of carbonyl (C=O) groups is 1. The average Bonchev–Trinajstić information content (AvgIpc) is 3.40. The van der Waals surface area contributed by atoms with Crippen LogP contribution in [0.4, 0.5) is 24.9 Å². The van der Waals surface area contributed by atoms with Crippen LogP contribution in [-0.2, 0) is 16.0 Å². The number of halogens is 3. The summed E-state index contributed by atoms with van der Waals surface area (Å²) in [7, 11) is 0. The predicted molar refractivity (Wildman–Crippen MR) is 112 cm³/mol. The molecule has 1 spiro atoms. The molecule has 0 aromatic carbocycles. The molecule has 0 radical (unpaired) electrons. The fourth-order valence-electron chi connectivity index (χ4n) is 3.72. The minimum Gasteiger partial charge on any atom is -0.475 e. The summed E-state index contributed by atoms with van der Waals surface area (Å²) in [4.78, 5) is 24.4. The van der Waals surface area contributed by atoms with E-state index in [4.69, 9.17) is 19.9 Å². The van der Waals surface area contributed by atoms with Crippen LogP contribution in [0.25, 0.3) is 0 Å². The smallest absolute Gasteiger partial charge is 0.475 e. The van der Waals surface area contributed by atoms with Crippen molar-refractivity contribution in [2.75, 3.05) is 29.9 Å². The number of rotatable bonds is 4. The van der Waals surface area contributed by atoms with Gasteiger partial charge < -0.3 is 20.1 Å². The minimum atomic E-state index is -5.08. The van der Waals surface area contributed by atoms with E-state index in [1.54, 1.807) is 6.07 Å². The number of hydrogen-bond acceptors (Lipinski definition) is 8. The Morgan fingerprint density at radius 1 is 1.39 bits per heavy atom. The van der Waals surface area contributed by atoms with Crippen LogP contribution >= 0.6 is 0 Å². The molecule has 2 atom stereocenters. The number of carboxylic acids is 1. The molecule has 0 amide bonds. The summed E-state index contributed by atoms with van der Waals surface area (Å²) in [5, 5.41) is 19.5. The maximum Gasteiger partial charge on any atom is 0.490 e. The van der Waals surface area contributed by atoms with E-state index < -0.39 is 12.1 Å². The molecule has 2 aromatic heterocycles. The third-order valence-corrected chi connectivity index (χ3v) is 5.37. The van der Waals surface area contributed by atoms with E-state index in [-0.39, 0.29) is 11.6 Å². The zero-order chi connectivity index (χ0) is 24.1. The number of carboxylic acid groups (broad SMARTS) is 1. The van der Waals surface area contributed by atoms with Crippen LogP contribution in [0.5, 0.6) is 0 Å². The first-order valence-electron chi connectivity index (χ1n) is 10.3. The van der Waals surface area contributed by atoms with Crippen molar-refractivity contribution in [3.8, 4) is 6.07 Å². The van der Waals surface area contributed by atoms with Gasteiger partial charge in [0.05, 0.1) is 24.8 Å². The molecule has 2 saturated heterocycles. The van der Waals surface area contributed by atoms with Gasteiger partial charge in [-0.25, -0.2) is 19.7 Å². The number of aryl methyl sites for hydroxylation is 1. The summed E-state index contributed by atoms with van der Waals surface area (Å²) >= 11 is 0. The van der Waals surface area contributed by atoms with Gasteiger partial charge in [0.1, 0.15) is 17.6 Å². The molecular weight excluding hydrogens is 441 g/mol. The van der Waals surface area contributed by atoms with Crippen molar-refractivity contribution in [1.29, 1.82) is 5.26 Å². The molecule has 2 unspecified atom stereocenters. The van der Waals surface area contributed by atoms with Gasteiger partial charge in [0.25, 0.3) is 0 Å². The molecule has 0 saturated carbocycles. The maximum absolute atomic E-state index is 10.6. The van der Waals surface area contributed by atoms with E-state index in [1.165, 1.54) is 0 Å². The Hall–Kier alpha value is -3.46. The van der Waals surface area contributed by atoms with Crippen LogP contribution in [0.3, 0.4) is 0 Å². The zero-order valence-electron chi connectivity index (χ0n) is 17.8. The standard InChI is InChI=1S/C19H22N6O.C2HF3O2/c1-2-14-10-21-18(22-11-14)25-7-6-19(13-25)8-16(12-26-19)24-17-5-3-4-15(9-20)23-17;3-2(4,5)1(6)7/h3-5,10-11,16H,2,6-8,12-13H2,1H3,(H,23,24);(H,6,7). The highest BCUT2D eigenvalue weighted by molar-refractivity contribution is 5.73. The largest absolute Gasteiger partial charge is 0.490 e. The molecule has 0 bridgehead atoms. The molecule has 12 heteroatoms. The number of anilines is 2. The number of aliphatic carboxylic acids is 1. The van der Waals surface area contributed by atoms with E-state index in [0.717, 1.165) is 49.7 Å². The van der Waals surface area contributed by atoms with Gasteiger partial charge in [0.15, 0.2) is 0 Å². The van der Waals surface area contributed by atoms with Crippen molar-refractivity contribution in [2.24, 2.45) is 0 Å². The highest BCUT2D eigenvalue weighted by Crippen LogP contribution is 2.37. The topological polar surface area (TPSA) is 124 Å². The molecule has 2 aliphatic heterocycles. The summed E-state index contributed by atoms with van der Waals surface area (Å²) in [5.74, 6) is -1.25. The first-order valence-corrected chi connectivity index (χ1v) is 10.3. The first-order chi connectivity index (χ1) is 15.6. The molecule has 176 valence electrons. The average molecular weight is 464 g/mol. The lowest BCUT2D eigenvalue weighted by Gasteiger charge is -2.23. The van der Waals surface area contributed by atoms with Crippen molar-refractivity contribution in [1.82, 2.24) is 15.0 Å². The van der Waals surface area contributed by atoms with Crippen LogP contribution in [0.2, 0.25) is 0 Å². The van der Waals surface area contributed by atoms with Gasteiger partial charge in [0.2, 0.25) is 5.95 Å². The number of ether oxygens (including phenoxy) is 1. The molecule has 4 heterocycles. The van der Waals surface area contributed by atoms with Gasteiger partial charge >= 0.3 is 12.1 Å². The summed E-state index contributed by atoms with van der Waals surface area (Å²) < 4.78 is 37.9. The lowest BCUT2D eigenvalue weighted by molar-refractivity contribution is -0.192. The summed E-state index contributed by atoms with van der Waals surface area (Å²) in [5.41, 5.74) is 1.41. The molecular formula is C21H23F3N6O3. The predicted octanol–water partition coefficient (Wildman–Crippen LogP) is 2.79. The molecule has 2 aromatic rings. The van der Waals surface area contributed by atoms with Crippen LogP contribution in [0.1, 0.15) is 31.0 Å². The second-order valence-corrected chi connectivity index (χ2v) is 7.78. The van der Waals surface area contributed by atoms with Gasteiger partial charge in [-0.3, -0.25) is 0 Å². The van der Waals surface area contributed by atoms with Crippen molar-refractivity contribution in [3.05, 3.63) is 41.9 Å². The molecule has 0 aliphatic carbocycles. The maximum atomic E-state index is 10.6. The Balaban J connectivity index is 0.000000383. The van der Waals surface area contributed by atoms with Crippen molar-refractivity contribution >= 4 is 17.7 Å². The van der Waals surface area contributed by atoms with Crippen molar-refractivity contribution < 1.29 is 27.8 Å². The second-order valence-electron chi connectivity index (χ2n) is 7.78. The van der Waals surface area contributed by atoms with Gasteiger partial charge in [-0.15, -0.1) is 0 Å². The Kier molecular flexibility index (Phi) is 7.33. The number of nitrogens with one attached hydrogen (secondary N) is 1. The van der Waals surface area contributed by atoms with Gasteiger partial charge in [-0.1, -0.05) is 13.0 Å². The van der Waals surface area contributed by atoms with Gasteiger partial charge in [-0.2, -0.15) is 18.4 Å². The first kappa shape index (κ1) is 24.2. The van der Waals surface area contributed by atoms with Crippen LogP contribution < -0.4 is 10.2 Å². The molecule has 4 rings (SSSR count). The van der Waals surface area contributed by atoms with Crippen molar-refractivity contribution in [2.45, 2.75) is 44.0 Å². The number of nitrogens with zero attached hydrogens (tertiary/aromatic N) is 5. The number of nitriles is 1. The van der Waals surface area contributed by atoms with E-state index in [0.29, 0.717) is 12.3 Å². The fraction of sp³-hybridized carbons (Fsp3) is 0.476. The molecule has 33 heavy (non-hydrogen) atoms. The van der Waals surface area contributed by atoms with Crippen LogP contribution in [0.15, 0.2) is 30.6 Å². The van der Waals surface area contributed by atoms with Gasteiger partial charge in [-0.05, 0) is 30.5 Å². The highest BCUT2D eigenvalue weighted by Gasteiger charge is 2.46. The lowest BCUT2D eigenvalue weighted by atomic mass is 9.97. The Morgan fingerprint density at radius 3 is 2.70 bits per heavy atom. The minimum absolute atomic E-state index is 0.155. The number of alkyl halides is 3. The van der Waals surface area contributed by atoms with Gasteiger partial charge in [0, 0.05) is 25.4 Å². The Bertz CT molecular complexity index is 1010. The quantitative estimate of drug-likeness (QED) is 0.703. The molecule has 9 nitrogen and oxygen atoms in total. The third kappa shape index (κ3) is 6.29. The SMILES string of the molecule is CCc1cnc(N2CCC3(CC(Nc4cccc(C#N)n4)CO3)C2)nc1.O=C(O)C(F)(F)F. The third-order valence-electron chi connectivity index (χ3n) is 5.37. The van der Waals surface area contributed by atoms with E-state index in [9.17, 15) is 13.2 Å². The number of pyridine rings is 1. The Morgan fingerprint density at radius 2 is 2.09 bits per heavy atom. The van der Waals surface area contributed by atoms with E-state index in [2.05, 4.69) is 38.2 Å². The number of hydrogen-bond donors (Lipinski definition) is 2. The molecule has 2 aliphatic rings. The van der Waals surface area contributed by atoms with E-state index >= 15 is 0 Å².